The average Bonchev–Trinajstić information content (AvgIpc) is 2.74. The summed E-state index contributed by atoms with van der Waals surface area (Å²) in [6.45, 7) is 0.900. The van der Waals surface area contributed by atoms with Gasteiger partial charge in [0.15, 0.2) is 0 Å². The van der Waals surface area contributed by atoms with Gasteiger partial charge in [-0.1, -0.05) is 18.2 Å². The van der Waals surface area contributed by atoms with Gasteiger partial charge in [-0.15, -0.1) is 0 Å². The molecule has 0 spiro atoms. The molecule has 3 N–H and O–H groups in total. The molecule has 8 nitrogen and oxygen atoms in total. The van der Waals surface area contributed by atoms with Crippen LogP contribution in [0.1, 0.15) is 6.42 Å². The van der Waals surface area contributed by atoms with E-state index in [1.807, 2.05) is 43.3 Å². The number of hydrogen-bond acceptors (Lipinski definition) is 7. The van der Waals surface area contributed by atoms with Gasteiger partial charge in [-0.25, -0.2) is 18.1 Å². The molecule has 2 aromatic carbocycles. The molecule has 9 heteroatoms. The van der Waals surface area contributed by atoms with Crippen molar-refractivity contribution in [3.63, 3.8) is 0 Å². The molecule has 0 saturated heterocycles. The molecular weight excluding hydrogens is 400 g/mol. The van der Waals surface area contributed by atoms with Crippen LogP contribution in [0.25, 0.3) is 11.1 Å². The predicted octanol–water partition coefficient (Wildman–Crippen LogP) is 3.05. The molecule has 0 unspecified atom stereocenters. The van der Waals surface area contributed by atoms with E-state index < -0.39 is 10.0 Å². The van der Waals surface area contributed by atoms with Crippen LogP contribution in [0, 0.1) is 0 Å². The minimum absolute atomic E-state index is 0.206. The smallest absolute Gasteiger partial charge is 0.240 e. The molecule has 30 heavy (non-hydrogen) atoms. The first-order chi connectivity index (χ1) is 14.4. The summed E-state index contributed by atoms with van der Waals surface area (Å²) in [6.07, 6.45) is 2.39. The maximum Gasteiger partial charge on any atom is 0.240 e. The second-order valence-electron chi connectivity index (χ2n) is 7.23. The van der Waals surface area contributed by atoms with Crippen LogP contribution >= 0.6 is 0 Å². The first-order valence-electron chi connectivity index (χ1n) is 9.68. The van der Waals surface area contributed by atoms with Gasteiger partial charge < -0.3 is 15.5 Å². The largest absolute Gasteiger partial charge is 0.378 e. The lowest BCUT2D eigenvalue weighted by Gasteiger charge is -2.15. The van der Waals surface area contributed by atoms with Crippen LogP contribution in [0.2, 0.25) is 0 Å². The fraction of sp³-hybridized carbons (Fsp3) is 0.238. The third kappa shape index (κ3) is 4.37. The van der Waals surface area contributed by atoms with Gasteiger partial charge in [-0.3, -0.25) is 0 Å². The van der Waals surface area contributed by atoms with Crippen molar-refractivity contribution in [1.82, 2.24) is 14.7 Å². The number of nitrogens with one attached hydrogen (secondary N) is 3. The quantitative estimate of drug-likeness (QED) is 0.581. The number of anilines is 4. The number of hydrogen-bond donors (Lipinski definition) is 3. The minimum atomic E-state index is -3.56. The van der Waals surface area contributed by atoms with Crippen molar-refractivity contribution >= 4 is 33.2 Å². The Morgan fingerprint density at radius 2 is 1.83 bits per heavy atom. The van der Waals surface area contributed by atoms with Crippen LogP contribution < -0.4 is 20.3 Å². The zero-order valence-electron chi connectivity index (χ0n) is 16.9. The van der Waals surface area contributed by atoms with E-state index in [2.05, 4.69) is 25.3 Å². The second kappa shape index (κ2) is 8.29. The Bertz CT molecular complexity index is 1150. The van der Waals surface area contributed by atoms with E-state index in [1.165, 1.54) is 0 Å². The molecular formula is C21H24N6O2S. The van der Waals surface area contributed by atoms with Gasteiger partial charge in [-0.05, 0) is 42.3 Å². The second-order valence-corrected chi connectivity index (χ2v) is 9.00. The van der Waals surface area contributed by atoms with Crippen molar-refractivity contribution in [2.75, 3.05) is 42.7 Å². The summed E-state index contributed by atoms with van der Waals surface area (Å²) in [5, 5.41) is 6.43. The molecule has 0 aliphatic carbocycles. The maximum absolute atomic E-state index is 12.5. The molecule has 0 atom stereocenters. The van der Waals surface area contributed by atoms with E-state index in [9.17, 15) is 8.42 Å². The lowest BCUT2D eigenvalue weighted by atomic mass is 10.1. The molecule has 0 fully saturated rings. The first-order valence-corrected chi connectivity index (χ1v) is 11.2. The first kappa shape index (κ1) is 20.1. The number of nitrogens with zero attached hydrogens (tertiary/aromatic N) is 3. The topological polar surface area (TPSA) is 99.2 Å². The number of benzene rings is 2. The van der Waals surface area contributed by atoms with E-state index in [0.717, 1.165) is 16.8 Å². The Labute approximate surface area is 176 Å². The fourth-order valence-corrected chi connectivity index (χ4v) is 4.30. The van der Waals surface area contributed by atoms with Gasteiger partial charge in [-0.2, -0.15) is 4.98 Å². The summed E-state index contributed by atoms with van der Waals surface area (Å²) in [4.78, 5) is 11.3. The molecule has 0 saturated carbocycles. The number of rotatable bonds is 2. The van der Waals surface area contributed by atoms with E-state index >= 15 is 0 Å². The zero-order valence-corrected chi connectivity index (χ0v) is 17.7. The molecule has 4 rings (SSSR count). The number of sulfonamides is 1. The Hall–Kier alpha value is -3.17. The fourth-order valence-electron chi connectivity index (χ4n) is 3.18. The molecule has 0 radical (unpaired) electrons. The molecule has 0 amide bonds. The molecule has 156 valence electrons. The van der Waals surface area contributed by atoms with Crippen molar-refractivity contribution in [3.05, 3.63) is 54.7 Å². The normalized spacial score (nSPS) is 15.5. The Balaban J connectivity index is 1.71. The van der Waals surface area contributed by atoms with E-state index in [0.29, 0.717) is 37.0 Å². The molecule has 3 aromatic rings. The highest BCUT2D eigenvalue weighted by Crippen LogP contribution is 2.29. The highest BCUT2D eigenvalue weighted by molar-refractivity contribution is 7.89. The van der Waals surface area contributed by atoms with Crippen LogP contribution in [0.15, 0.2) is 59.6 Å². The molecule has 1 aromatic heterocycles. The molecule has 1 aliphatic heterocycles. The van der Waals surface area contributed by atoms with Crippen molar-refractivity contribution < 1.29 is 8.42 Å². The van der Waals surface area contributed by atoms with Gasteiger partial charge in [0.05, 0.1) is 4.90 Å². The number of fused-ring (bicyclic) bond motifs is 4. The standard InChI is InChI=1S/C21H24N6O2S/c1-27(2)17-9-7-15(8-10-17)19-14-23-21-25-16-5-3-6-18(13-16)30(28,29)24-12-4-11-22-20(19)26-21/h3,5-10,13-14,24H,4,11-12H2,1-2H3,(H2,22,23,25,26). The van der Waals surface area contributed by atoms with E-state index in [1.54, 1.807) is 30.5 Å². The van der Waals surface area contributed by atoms with Crippen LogP contribution in [-0.2, 0) is 10.0 Å². The lowest BCUT2D eigenvalue weighted by molar-refractivity contribution is 0.580. The Morgan fingerprint density at radius 1 is 1.03 bits per heavy atom. The summed E-state index contributed by atoms with van der Waals surface area (Å²) < 4.78 is 27.6. The van der Waals surface area contributed by atoms with Crippen molar-refractivity contribution in [2.24, 2.45) is 0 Å². The van der Waals surface area contributed by atoms with Gasteiger partial charge in [0.1, 0.15) is 5.82 Å². The SMILES string of the molecule is CN(C)c1ccc(-c2cnc3nc2NCCCNS(=O)(=O)c2cccc(c2)N3)cc1. The van der Waals surface area contributed by atoms with Crippen LogP contribution in [0.5, 0.6) is 0 Å². The summed E-state index contributed by atoms with van der Waals surface area (Å²) in [6, 6.07) is 14.8. The van der Waals surface area contributed by atoms with Gasteiger partial charge in [0.25, 0.3) is 0 Å². The summed E-state index contributed by atoms with van der Waals surface area (Å²) in [7, 11) is 0.443. The van der Waals surface area contributed by atoms with Crippen molar-refractivity contribution in [3.8, 4) is 11.1 Å². The van der Waals surface area contributed by atoms with Gasteiger partial charge >= 0.3 is 0 Å². The highest BCUT2D eigenvalue weighted by atomic mass is 32.2. The Kier molecular flexibility index (Phi) is 5.56. The summed E-state index contributed by atoms with van der Waals surface area (Å²) in [5.74, 6) is 1.09. The predicted molar refractivity (Wildman–Crippen MR) is 120 cm³/mol. The van der Waals surface area contributed by atoms with Crippen molar-refractivity contribution in [1.29, 1.82) is 0 Å². The third-order valence-corrected chi connectivity index (χ3v) is 6.28. The average molecular weight is 425 g/mol. The third-order valence-electron chi connectivity index (χ3n) is 4.82. The van der Waals surface area contributed by atoms with Crippen molar-refractivity contribution in [2.45, 2.75) is 11.3 Å². The molecule has 4 bridgehead atoms. The number of aromatic nitrogens is 2. The molecule has 1 aliphatic rings. The Morgan fingerprint density at radius 3 is 2.60 bits per heavy atom. The minimum Gasteiger partial charge on any atom is -0.378 e. The van der Waals surface area contributed by atoms with Crippen LogP contribution in [-0.4, -0.2) is 45.6 Å². The van der Waals surface area contributed by atoms with Gasteiger partial charge in [0.2, 0.25) is 16.0 Å². The van der Waals surface area contributed by atoms with Crippen LogP contribution in [0.3, 0.4) is 0 Å². The summed E-state index contributed by atoms with van der Waals surface area (Å²) in [5.41, 5.74) is 3.60. The van der Waals surface area contributed by atoms with E-state index in [4.69, 9.17) is 0 Å². The molecule has 2 heterocycles. The lowest BCUT2D eigenvalue weighted by Crippen LogP contribution is -2.26. The zero-order chi connectivity index (χ0) is 21.1. The van der Waals surface area contributed by atoms with E-state index in [-0.39, 0.29) is 4.90 Å². The van der Waals surface area contributed by atoms with Gasteiger partial charge in [0, 0.05) is 50.3 Å². The monoisotopic (exact) mass is 424 g/mol. The maximum atomic E-state index is 12.5. The van der Waals surface area contributed by atoms with Crippen LogP contribution in [0.4, 0.5) is 23.1 Å². The summed E-state index contributed by atoms with van der Waals surface area (Å²) >= 11 is 0. The highest BCUT2D eigenvalue weighted by Gasteiger charge is 2.16.